The van der Waals surface area contributed by atoms with E-state index in [1.807, 2.05) is 12.1 Å². The maximum Gasteiger partial charge on any atom is 0.120 e. The van der Waals surface area contributed by atoms with Gasteiger partial charge < -0.3 is 19.6 Å². The van der Waals surface area contributed by atoms with Crippen LogP contribution in [0, 0.1) is 0 Å². The Morgan fingerprint density at radius 1 is 0.946 bits per heavy atom. The Morgan fingerprint density at radius 2 is 1.70 bits per heavy atom. The Labute approximate surface area is 223 Å². The first kappa shape index (κ1) is 27.1. The van der Waals surface area contributed by atoms with Crippen LogP contribution in [0.3, 0.4) is 0 Å². The highest BCUT2D eigenvalue weighted by molar-refractivity contribution is 5.60. The van der Waals surface area contributed by atoms with Crippen molar-refractivity contribution in [2.75, 3.05) is 38.7 Å². The van der Waals surface area contributed by atoms with Crippen molar-refractivity contribution in [3.8, 4) is 11.5 Å². The van der Waals surface area contributed by atoms with Crippen molar-refractivity contribution >= 4 is 5.69 Å². The Balaban J connectivity index is 1.58. The molecule has 4 nitrogen and oxygen atoms in total. The van der Waals surface area contributed by atoms with E-state index >= 15 is 0 Å². The maximum atomic E-state index is 9.91. The van der Waals surface area contributed by atoms with E-state index in [1.165, 1.54) is 33.5 Å². The van der Waals surface area contributed by atoms with Gasteiger partial charge in [-0.1, -0.05) is 57.2 Å². The molecule has 0 fully saturated rings. The minimum atomic E-state index is 0.113. The molecule has 0 aromatic heterocycles. The van der Waals surface area contributed by atoms with Crippen molar-refractivity contribution in [3.05, 3.63) is 88.5 Å². The molecule has 3 aromatic rings. The van der Waals surface area contributed by atoms with E-state index in [0.29, 0.717) is 11.7 Å². The fourth-order valence-corrected chi connectivity index (χ4v) is 5.80. The maximum absolute atomic E-state index is 9.91. The quantitative estimate of drug-likeness (QED) is 0.327. The molecule has 0 saturated carbocycles. The number of benzene rings is 3. The predicted molar refractivity (Wildman–Crippen MR) is 155 cm³/mol. The molecule has 0 aliphatic heterocycles. The fraction of sp³-hybridized carbons (Fsp3) is 0.455. The van der Waals surface area contributed by atoms with Crippen LogP contribution in [0.15, 0.2) is 60.7 Å². The summed E-state index contributed by atoms with van der Waals surface area (Å²) in [5.41, 5.74) is 8.11. The second-order valence-corrected chi connectivity index (χ2v) is 11.2. The van der Waals surface area contributed by atoms with Gasteiger partial charge in [-0.15, -0.1) is 0 Å². The molecule has 1 aliphatic rings. The summed E-state index contributed by atoms with van der Waals surface area (Å²) in [7, 11) is 3.94. The lowest BCUT2D eigenvalue weighted by Gasteiger charge is -2.32. The molecule has 0 bridgehead atoms. The number of ether oxygens (including phenoxy) is 1. The smallest absolute Gasteiger partial charge is 0.120 e. The van der Waals surface area contributed by atoms with Crippen LogP contribution in [0.1, 0.15) is 67.9 Å². The molecule has 3 aromatic carbocycles. The first-order chi connectivity index (χ1) is 17.7. The van der Waals surface area contributed by atoms with Crippen LogP contribution in [0.5, 0.6) is 11.5 Å². The number of anilines is 1. The van der Waals surface area contributed by atoms with Gasteiger partial charge in [0.25, 0.3) is 0 Å². The number of methoxy groups -OCH3 is 1. The van der Waals surface area contributed by atoms with Crippen LogP contribution < -0.4 is 9.64 Å². The first-order valence-electron chi connectivity index (χ1n) is 13.8. The Hall–Kier alpha value is -2.98. The number of likely N-dealkylation sites (N-methyl/N-ethyl adjacent to an activating group) is 1. The zero-order chi connectivity index (χ0) is 26.6. The van der Waals surface area contributed by atoms with Crippen molar-refractivity contribution in [1.29, 1.82) is 0 Å². The van der Waals surface area contributed by atoms with Crippen molar-refractivity contribution in [3.63, 3.8) is 0 Å². The molecular weight excluding hydrogens is 456 g/mol. The number of hydrogen-bond acceptors (Lipinski definition) is 4. The summed E-state index contributed by atoms with van der Waals surface area (Å²) in [6.07, 6.45) is 3.09. The molecule has 4 heteroatoms. The average molecular weight is 501 g/mol. The summed E-state index contributed by atoms with van der Waals surface area (Å²) >= 11 is 0. The molecule has 0 heterocycles. The minimum Gasteiger partial charge on any atom is -0.508 e. The van der Waals surface area contributed by atoms with Gasteiger partial charge in [0.2, 0.25) is 0 Å². The zero-order valence-electron chi connectivity index (χ0n) is 23.6. The van der Waals surface area contributed by atoms with Gasteiger partial charge in [-0.3, -0.25) is 0 Å². The molecule has 1 unspecified atom stereocenters. The third-order valence-corrected chi connectivity index (χ3v) is 8.13. The van der Waals surface area contributed by atoms with Gasteiger partial charge in [0, 0.05) is 36.8 Å². The highest BCUT2D eigenvalue weighted by Crippen LogP contribution is 2.40. The summed E-state index contributed by atoms with van der Waals surface area (Å²) in [6, 6.07) is 21.7. The SMILES string of the molecule is CCN(C)CC(C)(C)c1ccc(CN(CC)c2cc(OC)ccc2C2CCc3cc(O)ccc3C2)cc1. The molecule has 1 atom stereocenters. The Kier molecular flexibility index (Phi) is 8.49. The van der Waals surface area contributed by atoms with Gasteiger partial charge in [0.15, 0.2) is 0 Å². The lowest BCUT2D eigenvalue weighted by Crippen LogP contribution is -2.34. The van der Waals surface area contributed by atoms with Crippen LogP contribution in [0.4, 0.5) is 5.69 Å². The number of aryl methyl sites for hydroxylation is 1. The summed E-state index contributed by atoms with van der Waals surface area (Å²) in [6.45, 7) is 13.0. The Morgan fingerprint density at radius 3 is 2.38 bits per heavy atom. The third-order valence-electron chi connectivity index (χ3n) is 8.13. The van der Waals surface area contributed by atoms with Crippen molar-refractivity contribution in [2.45, 2.75) is 64.8 Å². The molecule has 1 N–H and O–H groups in total. The van der Waals surface area contributed by atoms with Crippen molar-refractivity contribution < 1.29 is 9.84 Å². The number of phenols is 1. The van der Waals surface area contributed by atoms with E-state index in [9.17, 15) is 5.11 Å². The standard InChI is InChI=1S/C33H44N2O2/c1-7-34(5)23-33(3,4)28-14-9-24(10-15-28)22-35(8-2)32-21-30(37-6)17-18-31(32)27-12-11-26-20-29(36)16-13-25(26)19-27/h9-10,13-18,20-21,27,36H,7-8,11-12,19,22-23H2,1-6H3. The van der Waals surface area contributed by atoms with E-state index < -0.39 is 0 Å². The second kappa shape index (κ2) is 11.6. The van der Waals surface area contributed by atoms with E-state index in [4.69, 9.17) is 4.74 Å². The number of rotatable bonds is 10. The highest BCUT2D eigenvalue weighted by Gasteiger charge is 2.25. The number of aromatic hydroxyl groups is 1. The first-order valence-corrected chi connectivity index (χ1v) is 13.8. The fourth-order valence-electron chi connectivity index (χ4n) is 5.80. The average Bonchev–Trinajstić information content (AvgIpc) is 2.91. The van der Waals surface area contributed by atoms with Crippen LogP contribution >= 0.6 is 0 Å². The summed E-state index contributed by atoms with van der Waals surface area (Å²) in [5, 5.41) is 9.91. The van der Waals surface area contributed by atoms with Gasteiger partial charge in [0.05, 0.1) is 7.11 Å². The van der Waals surface area contributed by atoms with Crippen LogP contribution in [-0.4, -0.2) is 43.8 Å². The molecule has 37 heavy (non-hydrogen) atoms. The lowest BCUT2D eigenvalue weighted by molar-refractivity contribution is 0.280. The molecule has 0 saturated heterocycles. The van der Waals surface area contributed by atoms with Gasteiger partial charge in [-0.2, -0.15) is 0 Å². The van der Waals surface area contributed by atoms with Gasteiger partial charge in [-0.05, 0) is 91.7 Å². The zero-order valence-corrected chi connectivity index (χ0v) is 23.6. The van der Waals surface area contributed by atoms with E-state index in [2.05, 4.69) is 93.1 Å². The molecule has 198 valence electrons. The van der Waals surface area contributed by atoms with Gasteiger partial charge >= 0.3 is 0 Å². The van der Waals surface area contributed by atoms with Crippen LogP contribution in [0.2, 0.25) is 0 Å². The second-order valence-electron chi connectivity index (χ2n) is 11.2. The topological polar surface area (TPSA) is 35.9 Å². The van der Waals surface area contributed by atoms with Crippen molar-refractivity contribution in [1.82, 2.24) is 4.90 Å². The highest BCUT2D eigenvalue weighted by atomic mass is 16.5. The van der Waals surface area contributed by atoms with E-state index in [1.54, 1.807) is 7.11 Å². The Bertz CT molecular complexity index is 1190. The molecule has 0 radical (unpaired) electrons. The summed E-state index contributed by atoms with van der Waals surface area (Å²) in [5.74, 6) is 1.72. The van der Waals surface area contributed by atoms with Crippen LogP contribution in [-0.2, 0) is 24.8 Å². The molecule has 1 aliphatic carbocycles. The molecule has 0 amide bonds. The molecular formula is C33H44N2O2. The van der Waals surface area contributed by atoms with Crippen molar-refractivity contribution in [2.24, 2.45) is 0 Å². The number of phenolic OH excluding ortho intramolecular Hbond substituents is 1. The van der Waals surface area contributed by atoms with Gasteiger partial charge in [-0.25, -0.2) is 0 Å². The minimum absolute atomic E-state index is 0.113. The van der Waals surface area contributed by atoms with E-state index in [0.717, 1.165) is 51.2 Å². The summed E-state index contributed by atoms with van der Waals surface area (Å²) in [4.78, 5) is 4.86. The monoisotopic (exact) mass is 500 g/mol. The number of nitrogens with zero attached hydrogens (tertiary/aromatic N) is 2. The normalized spacial score (nSPS) is 15.5. The lowest BCUT2D eigenvalue weighted by atomic mass is 9.79. The molecule has 0 spiro atoms. The van der Waals surface area contributed by atoms with Crippen LogP contribution in [0.25, 0.3) is 0 Å². The predicted octanol–water partition coefficient (Wildman–Crippen LogP) is 6.93. The third kappa shape index (κ3) is 6.30. The molecule has 4 rings (SSSR count). The van der Waals surface area contributed by atoms with Gasteiger partial charge in [0.1, 0.15) is 11.5 Å². The summed E-state index contributed by atoms with van der Waals surface area (Å²) < 4.78 is 5.65. The number of hydrogen-bond donors (Lipinski definition) is 1. The largest absolute Gasteiger partial charge is 0.508 e. The van der Waals surface area contributed by atoms with E-state index in [-0.39, 0.29) is 5.41 Å². The number of fused-ring (bicyclic) bond motifs is 1.